The number of amides is 2. The van der Waals surface area contributed by atoms with E-state index in [1.807, 2.05) is 6.92 Å². The smallest absolute Gasteiger partial charge is 0.274 e. The molecule has 0 aliphatic rings. The molecule has 34 heavy (non-hydrogen) atoms. The Morgan fingerprint density at radius 3 is 2.68 bits per heavy atom. The van der Waals surface area contributed by atoms with Crippen LogP contribution in [-0.4, -0.2) is 32.3 Å². The second-order valence-electron chi connectivity index (χ2n) is 7.56. The van der Waals surface area contributed by atoms with E-state index < -0.39 is 11.8 Å². The highest BCUT2D eigenvalue weighted by molar-refractivity contribution is 9.10. The number of pyridine rings is 1. The van der Waals surface area contributed by atoms with Crippen molar-refractivity contribution in [1.82, 2.24) is 20.2 Å². The van der Waals surface area contributed by atoms with E-state index in [1.165, 1.54) is 16.8 Å². The van der Waals surface area contributed by atoms with Crippen LogP contribution < -0.4 is 10.7 Å². The van der Waals surface area contributed by atoms with Gasteiger partial charge in [-0.1, -0.05) is 36.5 Å². The number of hydrazone groups is 1. The highest BCUT2D eigenvalue weighted by Gasteiger charge is 2.22. The SMILES string of the molecule is CCCC/C(C)=N/NC(=O)c1c(C)cc(Cl)cc1NC(=O)c1cc(Br)nn1-c1ncccc1Cl. The van der Waals surface area contributed by atoms with E-state index in [2.05, 4.69) is 48.8 Å². The highest BCUT2D eigenvalue weighted by Crippen LogP contribution is 2.27. The Morgan fingerprint density at radius 2 is 1.97 bits per heavy atom. The molecule has 2 amide bonds. The van der Waals surface area contributed by atoms with E-state index in [1.54, 1.807) is 31.3 Å². The summed E-state index contributed by atoms with van der Waals surface area (Å²) in [5, 5.41) is 11.9. The Hall–Kier alpha value is -2.75. The van der Waals surface area contributed by atoms with E-state index in [9.17, 15) is 9.59 Å². The predicted molar refractivity (Wildman–Crippen MR) is 138 cm³/mol. The first-order valence-electron chi connectivity index (χ1n) is 10.5. The molecule has 178 valence electrons. The number of carbonyl (C=O) groups excluding carboxylic acids is 2. The van der Waals surface area contributed by atoms with Gasteiger partial charge in [-0.25, -0.2) is 15.1 Å². The van der Waals surface area contributed by atoms with Gasteiger partial charge in [-0.2, -0.15) is 10.2 Å². The maximum absolute atomic E-state index is 13.2. The van der Waals surface area contributed by atoms with Crippen molar-refractivity contribution < 1.29 is 9.59 Å². The molecule has 0 aliphatic carbocycles. The summed E-state index contributed by atoms with van der Waals surface area (Å²) in [7, 11) is 0. The van der Waals surface area contributed by atoms with Gasteiger partial charge in [0.1, 0.15) is 10.3 Å². The average Bonchev–Trinajstić information content (AvgIpc) is 3.17. The molecule has 0 unspecified atom stereocenters. The fraction of sp³-hybridized carbons (Fsp3) is 0.261. The van der Waals surface area contributed by atoms with E-state index in [4.69, 9.17) is 23.2 Å². The average molecular weight is 566 g/mol. The lowest BCUT2D eigenvalue weighted by Gasteiger charge is -2.14. The molecule has 0 saturated heterocycles. The van der Waals surface area contributed by atoms with Crippen molar-refractivity contribution >= 4 is 62.3 Å². The fourth-order valence-electron chi connectivity index (χ4n) is 3.23. The van der Waals surface area contributed by atoms with Crippen molar-refractivity contribution in [3.05, 3.63) is 68.0 Å². The summed E-state index contributed by atoms with van der Waals surface area (Å²) in [6.45, 7) is 5.68. The zero-order valence-corrected chi connectivity index (χ0v) is 21.9. The number of nitrogens with zero attached hydrogens (tertiary/aromatic N) is 4. The normalized spacial score (nSPS) is 11.4. The van der Waals surface area contributed by atoms with E-state index in [0.29, 0.717) is 20.2 Å². The van der Waals surface area contributed by atoms with Crippen LogP contribution in [0.2, 0.25) is 10.0 Å². The van der Waals surface area contributed by atoms with Gasteiger partial charge in [0.15, 0.2) is 5.82 Å². The molecule has 0 fully saturated rings. The fourth-order valence-corrected chi connectivity index (χ4v) is 4.08. The van der Waals surface area contributed by atoms with E-state index >= 15 is 0 Å². The third-order valence-electron chi connectivity index (χ3n) is 4.87. The molecule has 2 heterocycles. The summed E-state index contributed by atoms with van der Waals surface area (Å²) < 4.78 is 1.73. The van der Waals surface area contributed by atoms with Crippen LogP contribution in [0.4, 0.5) is 5.69 Å². The number of benzene rings is 1. The molecule has 1 aromatic carbocycles. The molecule has 2 N–H and O–H groups in total. The molecule has 3 rings (SSSR count). The number of halogens is 3. The summed E-state index contributed by atoms with van der Waals surface area (Å²) in [5.41, 5.74) is 4.63. The molecule has 0 spiro atoms. The molecule has 0 radical (unpaired) electrons. The van der Waals surface area contributed by atoms with Crippen LogP contribution >= 0.6 is 39.1 Å². The van der Waals surface area contributed by atoms with Crippen LogP contribution in [0.5, 0.6) is 0 Å². The third kappa shape index (κ3) is 6.22. The van der Waals surface area contributed by atoms with E-state index in [0.717, 1.165) is 25.0 Å². The molecule has 11 heteroatoms. The van der Waals surface area contributed by atoms with Crippen LogP contribution in [-0.2, 0) is 0 Å². The lowest BCUT2D eigenvalue weighted by atomic mass is 10.1. The van der Waals surface area contributed by atoms with Gasteiger partial charge in [-0.3, -0.25) is 9.59 Å². The minimum Gasteiger partial charge on any atom is -0.320 e. The van der Waals surface area contributed by atoms with Crippen molar-refractivity contribution in [3.63, 3.8) is 0 Å². The quantitative estimate of drug-likeness (QED) is 0.251. The Bertz CT molecular complexity index is 1260. The molecule has 0 aliphatic heterocycles. The Labute approximate surface area is 215 Å². The van der Waals surface area contributed by atoms with Crippen LogP contribution in [0.3, 0.4) is 0 Å². The molecule has 8 nitrogen and oxygen atoms in total. The van der Waals surface area contributed by atoms with Crippen LogP contribution in [0.25, 0.3) is 5.82 Å². The third-order valence-corrected chi connectivity index (χ3v) is 5.77. The lowest BCUT2D eigenvalue weighted by Crippen LogP contribution is -2.24. The van der Waals surface area contributed by atoms with Gasteiger partial charge in [0.05, 0.1) is 16.3 Å². The van der Waals surface area contributed by atoms with Gasteiger partial charge in [-0.05, 0) is 72.4 Å². The number of hydrogen-bond acceptors (Lipinski definition) is 5. The summed E-state index contributed by atoms with van der Waals surface area (Å²) in [6.07, 6.45) is 4.35. The molecule has 2 aromatic heterocycles. The Kier molecular flexibility index (Phi) is 8.82. The number of aromatic nitrogens is 3. The summed E-state index contributed by atoms with van der Waals surface area (Å²) in [4.78, 5) is 30.4. The molecular weight excluding hydrogens is 543 g/mol. The molecule has 0 saturated carbocycles. The van der Waals surface area contributed by atoms with Crippen molar-refractivity contribution in [2.24, 2.45) is 5.10 Å². The summed E-state index contributed by atoms with van der Waals surface area (Å²) in [6, 6.07) is 8.01. The number of carbonyl (C=O) groups is 2. The summed E-state index contributed by atoms with van der Waals surface area (Å²) in [5.74, 6) is -0.696. The monoisotopic (exact) mass is 564 g/mol. The largest absolute Gasteiger partial charge is 0.320 e. The number of unbranched alkanes of at least 4 members (excludes halogenated alkanes) is 1. The van der Waals surface area contributed by atoms with Gasteiger partial charge in [0, 0.05) is 23.0 Å². The molecule has 3 aromatic rings. The van der Waals surface area contributed by atoms with Gasteiger partial charge in [0.2, 0.25) is 0 Å². The standard InChI is InChI=1S/C23H23BrCl2N6O2/c1-4-5-7-14(3)29-30-23(34)20-13(2)10-15(25)11-17(20)28-22(33)18-12-19(24)31-32(18)21-16(26)8-6-9-27-21/h6,8-12H,4-5,7H2,1-3H3,(H,28,33)(H,30,34)/b29-14+. The zero-order valence-electron chi connectivity index (χ0n) is 18.8. The highest BCUT2D eigenvalue weighted by atomic mass is 79.9. The van der Waals surface area contributed by atoms with Gasteiger partial charge < -0.3 is 5.32 Å². The topological polar surface area (TPSA) is 101 Å². The minimum absolute atomic E-state index is 0.157. The summed E-state index contributed by atoms with van der Waals surface area (Å²) >= 11 is 15.8. The maximum Gasteiger partial charge on any atom is 0.274 e. The van der Waals surface area contributed by atoms with Gasteiger partial charge in [0.25, 0.3) is 11.8 Å². The van der Waals surface area contributed by atoms with Crippen molar-refractivity contribution in [2.45, 2.75) is 40.0 Å². The Balaban J connectivity index is 1.93. The van der Waals surface area contributed by atoms with Gasteiger partial charge >= 0.3 is 0 Å². The van der Waals surface area contributed by atoms with E-state index in [-0.39, 0.29) is 22.8 Å². The molecule has 0 bridgehead atoms. The second-order valence-corrected chi connectivity index (χ2v) is 9.22. The van der Waals surface area contributed by atoms with Crippen molar-refractivity contribution in [3.8, 4) is 5.82 Å². The predicted octanol–water partition coefficient (Wildman–Crippen LogP) is 6.19. The van der Waals surface area contributed by atoms with Crippen LogP contribution in [0.1, 0.15) is 59.5 Å². The minimum atomic E-state index is -0.529. The van der Waals surface area contributed by atoms with Crippen LogP contribution in [0, 0.1) is 6.92 Å². The number of aryl methyl sites for hydroxylation is 1. The lowest BCUT2D eigenvalue weighted by molar-refractivity contribution is 0.0955. The number of rotatable bonds is 8. The van der Waals surface area contributed by atoms with Crippen molar-refractivity contribution in [2.75, 3.05) is 5.32 Å². The second kappa shape index (κ2) is 11.6. The van der Waals surface area contributed by atoms with Crippen LogP contribution in [0.15, 0.2) is 46.2 Å². The first-order chi connectivity index (χ1) is 16.2. The first-order valence-corrected chi connectivity index (χ1v) is 12.1. The Morgan fingerprint density at radius 1 is 1.21 bits per heavy atom. The molecule has 0 atom stereocenters. The maximum atomic E-state index is 13.2. The number of anilines is 1. The van der Waals surface area contributed by atoms with Gasteiger partial charge in [-0.15, -0.1) is 0 Å². The first kappa shape index (κ1) is 25.9. The number of hydrogen-bond donors (Lipinski definition) is 2. The van der Waals surface area contributed by atoms with Crippen molar-refractivity contribution in [1.29, 1.82) is 0 Å². The zero-order chi connectivity index (χ0) is 24.8. The number of nitrogens with one attached hydrogen (secondary N) is 2. The molecular formula is C23H23BrCl2N6O2.